The summed E-state index contributed by atoms with van der Waals surface area (Å²) in [5.74, 6) is -0.559. The maximum absolute atomic E-state index is 11.6. The summed E-state index contributed by atoms with van der Waals surface area (Å²) >= 11 is 3.17. The fourth-order valence-corrected chi connectivity index (χ4v) is 2.31. The van der Waals surface area contributed by atoms with E-state index >= 15 is 0 Å². The van der Waals surface area contributed by atoms with Crippen molar-refractivity contribution in [1.82, 2.24) is 0 Å². The molecule has 100 valence electrons. The Labute approximate surface area is 114 Å². The topological polar surface area (TPSA) is 115 Å². The van der Waals surface area contributed by atoms with Gasteiger partial charge in [0.05, 0.1) is 10.6 Å². The summed E-state index contributed by atoms with van der Waals surface area (Å²) in [4.78, 5) is 11.6. The molecule has 0 aliphatic heterocycles. The van der Waals surface area contributed by atoms with Gasteiger partial charge in [0.2, 0.25) is 15.9 Å². The number of carbonyl (C=O) groups is 1. The summed E-state index contributed by atoms with van der Waals surface area (Å²) in [6.45, 7) is 1.93. The molecule has 0 aliphatic rings. The third-order valence-electron chi connectivity index (χ3n) is 2.33. The molecule has 8 heteroatoms. The number of nitrogens with one attached hydrogen (secondary N) is 1. The summed E-state index contributed by atoms with van der Waals surface area (Å²) in [5, 5.41) is 7.63. The van der Waals surface area contributed by atoms with E-state index in [-0.39, 0.29) is 23.3 Å². The first-order valence-electron chi connectivity index (χ1n) is 5.09. The Kier molecular flexibility index (Phi) is 4.85. The smallest absolute Gasteiger partial charge is 0.238 e. The van der Waals surface area contributed by atoms with Crippen LogP contribution in [0.25, 0.3) is 0 Å². The van der Waals surface area contributed by atoms with E-state index in [9.17, 15) is 13.2 Å². The highest BCUT2D eigenvalue weighted by Gasteiger charge is 2.14. The second kappa shape index (κ2) is 5.79. The lowest BCUT2D eigenvalue weighted by Gasteiger charge is -2.11. The van der Waals surface area contributed by atoms with Crippen molar-refractivity contribution in [2.45, 2.75) is 11.8 Å². The van der Waals surface area contributed by atoms with Crippen LogP contribution in [0, 0.1) is 5.92 Å². The molecular formula is C10H14BrN3O3S. The lowest BCUT2D eigenvalue weighted by Crippen LogP contribution is -2.26. The van der Waals surface area contributed by atoms with Crippen molar-refractivity contribution in [3.63, 3.8) is 0 Å². The van der Waals surface area contributed by atoms with Crippen LogP contribution in [-0.2, 0) is 14.8 Å². The number of hydrogen-bond donors (Lipinski definition) is 3. The summed E-state index contributed by atoms with van der Waals surface area (Å²) in [6.07, 6.45) is 0. The fourth-order valence-electron chi connectivity index (χ4n) is 1.14. The second-order valence-corrected chi connectivity index (χ2v) is 6.23. The Bertz CT molecular complexity index is 559. The van der Waals surface area contributed by atoms with Crippen LogP contribution in [0.4, 0.5) is 5.69 Å². The predicted molar refractivity (Wildman–Crippen MR) is 72.4 cm³/mol. The van der Waals surface area contributed by atoms with Gasteiger partial charge < -0.3 is 11.1 Å². The number of nitrogens with two attached hydrogens (primary N) is 2. The molecule has 1 rings (SSSR count). The average molecular weight is 336 g/mol. The van der Waals surface area contributed by atoms with Gasteiger partial charge in [-0.15, -0.1) is 0 Å². The second-order valence-electron chi connectivity index (χ2n) is 3.81. The minimum atomic E-state index is -3.75. The molecular weight excluding hydrogens is 322 g/mol. The molecule has 0 fully saturated rings. The molecule has 5 N–H and O–H groups in total. The van der Waals surface area contributed by atoms with Gasteiger partial charge in [0.1, 0.15) is 0 Å². The zero-order chi connectivity index (χ0) is 13.9. The van der Waals surface area contributed by atoms with Crippen molar-refractivity contribution in [3.05, 3.63) is 22.7 Å². The number of hydrogen-bond acceptors (Lipinski definition) is 4. The number of carbonyl (C=O) groups excluding carboxylic acids is 1. The molecule has 0 spiro atoms. The van der Waals surface area contributed by atoms with Crippen molar-refractivity contribution in [2.75, 3.05) is 11.9 Å². The molecule has 0 heterocycles. The van der Waals surface area contributed by atoms with Gasteiger partial charge in [0.25, 0.3) is 0 Å². The molecule has 1 unspecified atom stereocenters. The fraction of sp³-hybridized carbons (Fsp3) is 0.300. The number of benzene rings is 1. The Morgan fingerprint density at radius 2 is 2.11 bits per heavy atom. The molecule has 6 nitrogen and oxygen atoms in total. The Hall–Kier alpha value is -0.960. The zero-order valence-electron chi connectivity index (χ0n) is 9.68. The summed E-state index contributed by atoms with van der Waals surface area (Å²) < 4.78 is 22.7. The SMILES string of the molecule is CC(CN)C(=O)Nc1ccc(S(N)(=O)=O)cc1Br. The number of primary sulfonamides is 1. The van der Waals surface area contributed by atoms with Crippen LogP contribution in [0.1, 0.15) is 6.92 Å². The van der Waals surface area contributed by atoms with Crippen LogP contribution in [0.2, 0.25) is 0 Å². The van der Waals surface area contributed by atoms with Crippen LogP contribution < -0.4 is 16.2 Å². The van der Waals surface area contributed by atoms with Crippen LogP contribution >= 0.6 is 15.9 Å². The number of rotatable bonds is 4. The molecule has 1 amide bonds. The van der Waals surface area contributed by atoms with Gasteiger partial charge in [0, 0.05) is 16.9 Å². The first kappa shape index (κ1) is 15.1. The van der Waals surface area contributed by atoms with Crippen molar-refractivity contribution in [1.29, 1.82) is 0 Å². The van der Waals surface area contributed by atoms with Crippen molar-refractivity contribution >= 4 is 37.5 Å². The van der Waals surface area contributed by atoms with Gasteiger partial charge in [0.15, 0.2) is 0 Å². The van der Waals surface area contributed by atoms with E-state index in [4.69, 9.17) is 10.9 Å². The van der Waals surface area contributed by atoms with Crippen LogP contribution in [0.3, 0.4) is 0 Å². The molecule has 0 aliphatic carbocycles. The molecule has 0 bridgehead atoms. The van der Waals surface area contributed by atoms with E-state index in [0.29, 0.717) is 10.2 Å². The minimum absolute atomic E-state index is 0.0285. The van der Waals surface area contributed by atoms with Gasteiger partial charge in [-0.1, -0.05) is 6.92 Å². The quantitative estimate of drug-likeness (QED) is 0.748. The molecule has 1 atom stereocenters. The zero-order valence-corrected chi connectivity index (χ0v) is 12.1. The van der Waals surface area contributed by atoms with Crippen molar-refractivity contribution < 1.29 is 13.2 Å². The van der Waals surface area contributed by atoms with E-state index in [1.165, 1.54) is 18.2 Å². The number of anilines is 1. The van der Waals surface area contributed by atoms with E-state index in [1.807, 2.05) is 0 Å². The average Bonchev–Trinajstić information content (AvgIpc) is 2.29. The highest BCUT2D eigenvalue weighted by Crippen LogP contribution is 2.25. The number of amides is 1. The Morgan fingerprint density at radius 3 is 2.56 bits per heavy atom. The van der Waals surface area contributed by atoms with Gasteiger partial charge in [-0.25, -0.2) is 13.6 Å². The summed E-state index contributed by atoms with van der Waals surface area (Å²) in [7, 11) is -3.75. The molecule has 0 saturated heterocycles. The van der Waals surface area contributed by atoms with E-state index in [0.717, 1.165) is 0 Å². The van der Waals surface area contributed by atoms with Gasteiger partial charge in [-0.3, -0.25) is 4.79 Å². The van der Waals surface area contributed by atoms with Crippen molar-refractivity contribution in [3.8, 4) is 0 Å². The summed E-state index contributed by atoms with van der Waals surface area (Å²) in [6, 6.07) is 4.12. The Morgan fingerprint density at radius 1 is 1.50 bits per heavy atom. The predicted octanol–water partition coefficient (Wildman–Crippen LogP) is 0.630. The largest absolute Gasteiger partial charge is 0.330 e. The van der Waals surface area contributed by atoms with Crippen LogP contribution in [0.15, 0.2) is 27.6 Å². The maximum Gasteiger partial charge on any atom is 0.238 e. The molecule has 18 heavy (non-hydrogen) atoms. The molecule has 1 aromatic carbocycles. The summed E-state index contributed by atoms with van der Waals surface area (Å²) in [5.41, 5.74) is 5.84. The Balaban J connectivity index is 2.97. The van der Waals surface area contributed by atoms with Crippen LogP contribution in [-0.4, -0.2) is 20.9 Å². The lowest BCUT2D eigenvalue weighted by molar-refractivity contribution is -0.119. The molecule has 1 aromatic rings. The highest BCUT2D eigenvalue weighted by molar-refractivity contribution is 9.10. The lowest BCUT2D eigenvalue weighted by atomic mass is 10.1. The minimum Gasteiger partial charge on any atom is -0.330 e. The van der Waals surface area contributed by atoms with E-state index in [2.05, 4.69) is 21.2 Å². The monoisotopic (exact) mass is 335 g/mol. The first-order chi connectivity index (χ1) is 8.25. The maximum atomic E-state index is 11.6. The van der Waals surface area contributed by atoms with Gasteiger partial charge in [-0.05, 0) is 34.1 Å². The number of halogens is 1. The van der Waals surface area contributed by atoms with E-state index < -0.39 is 10.0 Å². The van der Waals surface area contributed by atoms with Crippen LogP contribution in [0.5, 0.6) is 0 Å². The third kappa shape index (κ3) is 3.77. The normalized spacial score (nSPS) is 13.1. The third-order valence-corrected chi connectivity index (χ3v) is 3.90. The molecule has 0 radical (unpaired) electrons. The number of sulfonamides is 1. The van der Waals surface area contributed by atoms with Gasteiger partial charge in [-0.2, -0.15) is 0 Å². The first-order valence-corrected chi connectivity index (χ1v) is 7.43. The standard InChI is InChI=1S/C10H14BrN3O3S/c1-6(5-12)10(15)14-9-3-2-7(4-8(9)11)18(13,16)17/h2-4,6H,5,12H2,1H3,(H,14,15)(H2,13,16,17). The van der Waals surface area contributed by atoms with E-state index in [1.54, 1.807) is 6.92 Å². The molecule has 0 saturated carbocycles. The van der Waals surface area contributed by atoms with Crippen molar-refractivity contribution in [2.24, 2.45) is 16.8 Å². The molecule has 0 aromatic heterocycles. The van der Waals surface area contributed by atoms with Gasteiger partial charge >= 0.3 is 0 Å². The highest BCUT2D eigenvalue weighted by atomic mass is 79.9.